The van der Waals surface area contributed by atoms with E-state index < -0.39 is 0 Å². The van der Waals surface area contributed by atoms with Gasteiger partial charge in [-0.15, -0.1) is 0 Å². The standard InChI is InChI=1S/C15H19Cl2N3/c1-3-15(12-4-5-13(16)14(17)8-12)18-7-6-11-9-19-20(2)10-11/h4-5,8-10,15,18H,3,6-7H2,1-2H3. The first kappa shape index (κ1) is 15.4. The third-order valence-corrected chi connectivity index (χ3v) is 4.06. The molecule has 0 amide bonds. The normalized spacial score (nSPS) is 12.6. The smallest absolute Gasteiger partial charge is 0.0595 e. The number of benzene rings is 1. The van der Waals surface area contributed by atoms with Gasteiger partial charge in [-0.05, 0) is 42.6 Å². The van der Waals surface area contributed by atoms with Crippen molar-refractivity contribution in [2.45, 2.75) is 25.8 Å². The average molecular weight is 312 g/mol. The van der Waals surface area contributed by atoms with E-state index in [1.165, 1.54) is 11.1 Å². The second kappa shape index (κ2) is 7.11. The molecule has 0 aliphatic rings. The fraction of sp³-hybridized carbons (Fsp3) is 0.400. The molecule has 1 N–H and O–H groups in total. The number of rotatable bonds is 6. The Morgan fingerprint density at radius 1 is 1.30 bits per heavy atom. The van der Waals surface area contributed by atoms with Gasteiger partial charge in [0.25, 0.3) is 0 Å². The zero-order chi connectivity index (χ0) is 14.5. The molecule has 1 atom stereocenters. The molecule has 0 aliphatic heterocycles. The van der Waals surface area contributed by atoms with Crippen molar-refractivity contribution in [2.24, 2.45) is 7.05 Å². The summed E-state index contributed by atoms with van der Waals surface area (Å²) in [4.78, 5) is 0. The average Bonchev–Trinajstić information content (AvgIpc) is 2.84. The van der Waals surface area contributed by atoms with E-state index in [1.807, 2.05) is 42.3 Å². The molecule has 0 bridgehead atoms. The van der Waals surface area contributed by atoms with E-state index in [-0.39, 0.29) is 0 Å². The zero-order valence-electron chi connectivity index (χ0n) is 11.7. The minimum absolute atomic E-state index is 0.293. The van der Waals surface area contributed by atoms with E-state index in [4.69, 9.17) is 23.2 Å². The van der Waals surface area contributed by atoms with Crippen LogP contribution in [0, 0.1) is 0 Å². The van der Waals surface area contributed by atoms with Gasteiger partial charge >= 0.3 is 0 Å². The van der Waals surface area contributed by atoms with Crippen LogP contribution in [-0.2, 0) is 13.5 Å². The van der Waals surface area contributed by atoms with Crippen molar-refractivity contribution >= 4 is 23.2 Å². The maximum atomic E-state index is 6.08. The van der Waals surface area contributed by atoms with Gasteiger partial charge in [0.15, 0.2) is 0 Å². The van der Waals surface area contributed by atoms with Crippen LogP contribution in [0.25, 0.3) is 0 Å². The molecule has 108 valence electrons. The Labute approximate surface area is 129 Å². The molecule has 0 spiro atoms. The van der Waals surface area contributed by atoms with Crippen molar-refractivity contribution in [1.29, 1.82) is 0 Å². The van der Waals surface area contributed by atoms with Crippen molar-refractivity contribution in [2.75, 3.05) is 6.54 Å². The van der Waals surface area contributed by atoms with Crippen molar-refractivity contribution < 1.29 is 0 Å². The molecular weight excluding hydrogens is 293 g/mol. The van der Waals surface area contributed by atoms with Crippen LogP contribution in [0.15, 0.2) is 30.6 Å². The number of hydrogen-bond donors (Lipinski definition) is 1. The van der Waals surface area contributed by atoms with E-state index in [0.29, 0.717) is 16.1 Å². The Kier molecular flexibility index (Phi) is 5.46. The number of hydrogen-bond acceptors (Lipinski definition) is 2. The van der Waals surface area contributed by atoms with Gasteiger partial charge in [0.1, 0.15) is 0 Å². The second-order valence-corrected chi connectivity index (χ2v) is 5.68. The third-order valence-electron chi connectivity index (χ3n) is 3.32. The largest absolute Gasteiger partial charge is 0.310 e. The first-order valence-corrected chi connectivity index (χ1v) is 7.51. The molecule has 1 unspecified atom stereocenters. The maximum Gasteiger partial charge on any atom is 0.0595 e. The molecule has 0 radical (unpaired) electrons. The highest BCUT2D eigenvalue weighted by atomic mass is 35.5. The van der Waals surface area contributed by atoms with Crippen LogP contribution in [0.1, 0.15) is 30.5 Å². The van der Waals surface area contributed by atoms with E-state index in [2.05, 4.69) is 17.3 Å². The van der Waals surface area contributed by atoms with Crippen LogP contribution in [-0.4, -0.2) is 16.3 Å². The van der Waals surface area contributed by atoms with Crippen LogP contribution in [0.3, 0.4) is 0 Å². The summed E-state index contributed by atoms with van der Waals surface area (Å²) in [7, 11) is 1.93. The van der Waals surface area contributed by atoms with Crippen LogP contribution >= 0.6 is 23.2 Å². The van der Waals surface area contributed by atoms with Crippen molar-refractivity contribution in [3.05, 3.63) is 51.8 Å². The van der Waals surface area contributed by atoms with E-state index in [9.17, 15) is 0 Å². The fourth-order valence-corrected chi connectivity index (χ4v) is 2.53. The maximum absolute atomic E-state index is 6.08. The number of halogens is 2. The summed E-state index contributed by atoms with van der Waals surface area (Å²) >= 11 is 12.0. The Morgan fingerprint density at radius 2 is 2.10 bits per heavy atom. The van der Waals surface area contributed by atoms with Gasteiger partial charge in [-0.3, -0.25) is 4.68 Å². The van der Waals surface area contributed by atoms with Gasteiger partial charge in [0, 0.05) is 19.3 Å². The van der Waals surface area contributed by atoms with Gasteiger partial charge in [-0.2, -0.15) is 5.10 Å². The number of nitrogens with zero attached hydrogens (tertiary/aromatic N) is 2. The van der Waals surface area contributed by atoms with Crippen LogP contribution in [0.5, 0.6) is 0 Å². The molecule has 1 heterocycles. The number of aromatic nitrogens is 2. The summed E-state index contributed by atoms with van der Waals surface area (Å²) in [6, 6.07) is 6.11. The van der Waals surface area contributed by atoms with Gasteiger partial charge in [-0.1, -0.05) is 36.2 Å². The molecule has 2 aromatic rings. The lowest BCUT2D eigenvalue weighted by Crippen LogP contribution is -2.23. The Bertz CT molecular complexity index is 566. The molecule has 5 heteroatoms. The molecule has 1 aromatic heterocycles. The van der Waals surface area contributed by atoms with Gasteiger partial charge < -0.3 is 5.32 Å². The van der Waals surface area contributed by atoms with E-state index >= 15 is 0 Å². The van der Waals surface area contributed by atoms with Gasteiger partial charge in [0.2, 0.25) is 0 Å². The third kappa shape index (κ3) is 3.98. The molecule has 20 heavy (non-hydrogen) atoms. The summed E-state index contributed by atoms with van der Waals surface area (Å²) in [5.74, 6) is 0. The van der Waals surface area contributed by atoms with Gasteiger partial charge in [0.05, 0.1) is 16.2 Å². The summed E-state index contributed by atoms with van der Waals surface area (Å²) in [6.07, 6.45) is 5.92. The molecule has 0 saturated carbocycles. The van der Waals surface area contributed by atoms with Crippen LogP contribution < -0.4 is 5.32 Å². The minimum atomic E-state index is 0.293. The summed E-state index contributed by atoms with van der Waals surface area (Å²) in [6.45, 7) is 3.06. The predicted molar refractivity (Wildman–Crippen MR) is 84.4 cm³/mol. The summed E-state index contributed by atoms with van der Waals surface area (Å²) in [5.41, 5.74) is 2.41. The molecule has 3 nitrogen and oxygen atoms in total. The van der Waals surface area contributed by atoms with Crippen molar-refractivity contribution in [1.82, 2.24) is 15.1 Å². The first-order valence-electron chi connectivity index (χ1n) is 6.76. The topological polar surface area (TPSA) is 29.9 Å². The first-order chi connectivity index (χ1) is 9.60. The molecule has 0 fully saturated rings. The molecule has 2 rings (SSSR count). The van der Waals surface area contributed by atoms with E-state index in [1.54, 1.807) is 0 Å². The van der Waals surface area contributed by atoms with Gasteiger partial charge in [-0.25, -0.2) is 0 Å². The van der Waals surface area contributed by atoms with E-state index in [0.717, 1.165) is 19.4 Å². The highest BCUT2D eigenvalue weighted by Gasteiger charge is 2.10. The molecule has 0 saturated heterocycles. The minimum Gasteiger partial charge on any atom is -0.310 e. The Hall–Kier alpha value is -1.03. The summed E-state index contributed by atoms with van der Waals surface area (Å²) in [5, 5.41) is 8.93. The Morgan fingerprint density at radius 3 is 2.70 bits per heavy atom. The zero-order valence-corrected chi connectivity index (χ0v) is 13.2. The van der Waals surface area contributed by atoms with Crippen LogP contribution in [0.2, 0.25) is 10.0 Å². The number of nitrogens with one attached hydrogen (secondary N) is 1. The molecular formula is C15H19Cl2N3. The van der Waals surface area contributed by atoms with Crippen molar-refractivity contribution in [3.63, 3.8) is 0 Å². The predicted octanol–water partition coefficient (Wildman–Crippen LogP) is 4.01. The lowest BCUT2D eigenvalue weighted by molar-refractivity contribution is 0.522. The lowest BCUT2D eigenvalue weighted by Gasteiger charge is -2.17. The lowest BCUT2D eigenvalue weighted by atomic mass is 10.0. The summed E-state index contributed by atoms with van der Waals surface area (Å²) < 4.78 is 1.83. The van der Waals surface area contributed by atoms with Crippen LogP contribution in [0.4, 0.5) is 0 Å². The second-order valence-electron chi connectivity index (χ2n) is 4.86. The van der Waals surface area contributed by atoms with Crippen molar-refractivity contribution in [3.8, 4) is 0 Å². The molecule has 0 aliphatic carbocycles. The number of aryl methyl sites for hydroxylation is 1. The quantitative estimate of drug-likeness (QED) is 0.873. The fourth-order valence-electron chi connectivity index (χ4n) is 2.22. The molecule has 1 aromatic carbocycles. The highest BCUT2D eigenvalue weighted by Crippen LogP contribution is 2.26. The highest BCUT2D eigenvalue weighted by molar-refractivity contribution is 6.42. The SMILES string of the molecule is CCC(NCCc1cnn(C)c1)c1ccc(Cl)c(Cl)c1. The monoisotopic (exact) mass is 311 g/mol. The Balaban J connectivity index is 1.93.